The van der Waals surface area contributed by atoms with Crippen LogP contribution in [-0.4, -0.2) is 33.0 Å². The number of aryl methyl sites for hydroxylation is 3. The Labute approximate surface area is 145 Å². The van der Waals surface area contributed by atoms with Crippen LogP contribution in [0.3, 0.4) is 0 Å². The van der Waals surface area contributed by atoms with Gasteiger partial charge in [-0.05, 0) is 31.9 Å². The first kappa shape index (κ1) is 15.7. The number of hydrogen-bond acceptors (Lipinski definition) is 5. The van der Waals surface area contributed by atoms with E-state index in [0.29, 0.717) is 5.92 Å². The van der Waals surface area contributed by atoms with Crippen LogP contribution in [0.15, 0.2) is 24.3 Å². The molecule has 3 aromatic rings. The minimum Gasteiger partial charge on any atom is -0.381 e. The Bertz CT molecular complexity index is 786. The van der Waals surface area contributed by atoms with Gasteiger partial charge in [0, 0.05) is 38.5 Å². The van der Waals surface area contributed by atoms with E-state index in [4.69, 9.17) is 19.8 Å². The van der Waals surface area contributed by atoms with E-state index in [1.807, 2.05) is 6.07 Å². The smallest absolute Gasteiger partial charge is 0.154 e. The van der Waals surface area contributed by atoms with E-state index >= 15 is 0 Å². The van der Waals surface area contributed by atoms with Crippen LogP contribution in [0.1, 0.15) is 42.3 Å². The molecule has 1 fully saturated rings. The molecule has 0 saturated carbocycles. The topological polar surface area (TPSA) is 52.8 Å². The number of thiazole rings is 1. The zero-order valence-electron chi connectivity index (χ0n) is 13.9. The number of benzene rings is 1. The van der Waals surface area contributed by atoms with Crippen molar-refractivity contribution in [1.82, 2.24) is 19.7 Å². The molecule has 126 valence electrons. The zero-order chi connectivity index (χ0) is 16.4. The normalized spacial score (nSPS) is 16.0. The van der Waals surface area contributed by atoms with Crippen LogP contribution in [0.25, 0.3) is 10.2 Å². The van der Waals surface area contributed by atoms with Crippen LogP contribution < -0.4 is 0 Å². The van der Waals surface area contributed by atoms with Gasteiger partial charge in [-0.25, -0.2) is 9.97 Å². The second-order valence-corrected chi connectivity index (χ2v) is 7.28. The Morgan fingerprint density at radius 3 is 2.79 bits per heavy atom. The second kappa shape index (κ2) is 6.99. The Hall–Kier alpha value is -1.79. The molecule has 0 amide bonds. The molecule has 4 rings (SSSR count). The Balaban J connectivity index is 1.49. The number of hydrogen-bond donors (Lipinski definition) is 0. The van der Waals surface area contributed by atoms with Crippen molar-refractivity contribution in [3.63, 3.8) is 0 Å². The lowest BCUT2D eigenvalue weighted by Gasteiger charge is -2.18. The first-order chi connectivity index (χ1) is 11.8. The maximum absolute atomic E-state index is 5.45. The highest BCUT2D eigenvalue weighted by Gasteiger charge is 2.21. The lowest BCUT2D eigenvalue weighted by atomic mass is 10.00. The van der Waals surface area contributed by atoms with Gasteiger partial charge >= 0.3 is 0 Å². The molecule has 1 saturated heterocycles. The molecule has 3 heterocycles. The van der Waals surface area contributed by atoms with E-state index in [2.05, 4.69) is 29.8 Å². The lowest BCUT2D eigenvalue weighted by molar-refractivity contribution is 0.0835. The summed E-state index contributed by atoms with van der Waals surface area (Å²) in [5, 5.41) is 5.92. The highest BCUT2D eigenvalue weighted by molar-refractivity contribution is 7.18. The van der Waals surface area contributed by atoms with Gasteiger partial charge in [0.15, 0.2) is 5.82 Å². The largest absolute Gasteiger partial charge is 0.381 e. The van der Waals surface area contributed by atoms with Crippen molar-refractivity contribution in [1.29, 1.82) is 0 Å². The molecule has 5 nitrogen and oxygen atoms in total. The summed E-state index contributed by atoms with van der Waals surface area (Å²) in [7, 11) is 0. The third-order valence-electron chi connectivity index (χ3n) is 4.55. The molecule has 0 bridgehead atoms. The number of ether oxygens (including phenoxy) is 1. The number of rotatable bonds is 5. The van der Waals surface area contributed by atoms with Gasteiger partial charge in [0.1, 0.15) is 5.82 Å². The fraction of sp³-hybridized carbons (Fsp3) is 0.500. The van der Waals surface area contributed by atoms with E-state index in [1.165, 1.54) is 9.71 Å². The Kier molecular flexibility index (Phi) is 4.58. The third kappa shape index (κ3) is 3.21. The van der Waals surface area contributed by atoms with Gasteiger partial charge in [-0.1, -0.05) is 12.1 Å². The molecule has 1 aliphatic heterocycles. The van der Waals surface area contributed by atoms with Crippen LogP contribution in [-0.2, 0) is 24.1 Å². The molecular weight excluding hydrogens is 320 g/mol. The Morgan fingerprint density at radius 1 is 1.17 bits per heavy atom. The zero-order valence-corrected chi connectivity index (χ0v) is 14.8. The molecule has 24 heavy (non-hydrogen) atoms. The lowest BCUT2D eigenvalue weighted by Crippen LogP contribution is -2.15. The van der Waals surface area contributed by atoms with Crippen LogP contribution >= 0.6 is 11.3 Å². The van der Waals surface area contributed by atoms with Crippen molar-refractivity contribution in [2.75, 3.05) is 13.2 Å². The van der Waals surface area contributed by atoms with E-state index in [9.17, 15) is 0 Å². The summed E-state index contributed by atoms with van der Waals surface area (Å²) in [5.74, 6) is 2.53. The number of aromatic nitrogens is 4. The van der Waals surface area contributed by atoms with E-state index in [1.54, 1.807) is 11.3 Å². The third-order valence-corrected chi connectivity index (χ3v) is 5.65. The average molecular weight is 342 g/mol. The second-order valence-electron chi connectivity index (χ2n) is 6.16. The van der Waals surface area contributed by atoms with Gasteiger partial charge in [0.05, 0.1) is 15.2 Å². The maximum atomic E-state index is 5.45. The van der Waals surface area contributed by atoms with Crippen molar-refractivity contribution >= 4 is 21.6 Å². The van der Waals surface area contributed by atoms with Gasteiger partial charge in [-0.3, -0.25) is 4.68 Å². The molecule has 0 spiro atoms. The van der Waals surface area contributed by atoms with Crippen molar-refractivity contribution in [3.8, 4) is 0 Å². The summed E-state index contributed by atoms with van der Waals surface area (Å²) < 4.78 is 8.76. The van der Waals surface area contributed by atoms with Crippen molar-refractivity contribution in [3.05, 3.63) is 40.9 Å². The van der Waals surface area contributed by atoms with Crippen molar-refractivity contribution in [2.45, 2.75) is 45.1 Å². The number of fused-ring (bicyclic) bond motifs is 1. The van der Waals surface area contributed by atoms with Gasteiger partial charge in [-0.2, -0.15) is 5.10 Å². The molecule has 0 atom stereocenters. The van der Waals surface area contributed by atoms with E-state index in [-0.39, 0.29) is 0 Å². The molecule has 2 aromatic heterocycles. The summed E-state index contributed by atoms with van der Waals surface area (Å²) >= 11 is 1.78. The van der Waals surface area contributed by atoms with Crippen LogP contribution in [0.4, 0.5) is 0 Å². The monoisotopic (exact) mass is 342 g/mol. The molecule has 1 aliphatic rings. The predicted octanol–water partition coefficient (Wildman–Crippen LogP) is 3.59. The molecular formula is C18H22N4OS. The highest BCUT2D eigenvalue weighted by Crippen LogP contribution is 2.25. The van der Waals surface area contributed by atoms with Crippen molar-refractivity contribution < 1.29 is 4.74 Å². The molecule has 6 heteroatoms. The summed E-state index contributed by atoms with van der Waals surface area (Å²) in [5.41, 5.74) is 1.09. The van der Waals surface area contributed by atoms with Gasteiger partial charge in [0.25, 0.3) is 0 Å². The average Bonchev–Trinajstić information content (AvgIpc) is 3.24. The summed E-state index contributed by atoms with van der Waals surface area (Å²) in [6, 6.07) is 8.32. The highest BCUT2D eigenvalue weighted by atomic mass is 32.1. The van der Waals surface area contributed by atoms with Crippen LogP contribution in [0.2, 0.25) is 0 Å². The number of nitrogens with zero attached hydrogens (tertiary/aromatic N) is 4. The first-order valence-electron chi connectivity index (χ1n) is 8.69. The maximum Gasteiger partial charge on any atom is 0.154 e. The number of para-hydroxylation sites is 1. The van der Waals surface area contributed by atoms with Crippen LogP contribution in [0, 0.1) is 0 Å². The molecule has 1 aromatic carbocycles. The molecule has 0 aliphatic carbocycles. The Morgan fingerprint density at radius 2 is 2.00 bits per heavy atom. The minimum atomic E-state index is 0.452. The predicted molar refractivity (Wildman–Crippen MR) is 95.5 cm³/mol. The summed E-state index contributed by atoms with van der Waals surface area (Å²) in [4.78, 5) is 9.57. The summed E-state index contributed by atoms with van der Waals surface area (Å²) in [6.45, 7) is 4.65. The van der Waals surface area contributed by atoms with Crippen molar-refractivity contribution in [2.24, 2.45) is 0 Å². The fourth-order valence-corrected chi connectivity index (χ4v) is 4.17. The summed E-state index contributed by atoms with van der Waals surface area (Å²) in [6.07, 6.45) is 3.88. The molecule has 0 unspecified atom stereocenters. The van der Waals surface area contributed by atoms with Gasteiger partial charge in [0.2, 0.25) is 0 Å². The van der Waals surface area contributed by atoms with Gasteiger partial charge in [-0.15, -0.1) is 11.3 Å². The SMILES string of the molecule is CCn1nc(C2CCOCC2)nc1CCc1nc2ccccc2s1. The standard InChI is InChI=1S/C18H22N4OS/c1-2-22-16(20-18(21-22)13-9-11-23-12-10-13)7-8-17-19-14-5-3-4-6-15(14)24-17/h3-6,13H,2,7-12H2,1H3. The van der Waals surface area contributed by atoms with E-state index < -0.39 is 0 Å². The van der Waals surface area contributed by atoms with Crippen LogP contribution in [0.5, 0.6) is 0 Å². The minimum absolute atomic E-state index is 0.452. The van der Waals surface area contributed by atoms with Gasteiger partial charge < -0.3 is 4.74 Å². The fourth-order valence-electron chi connectivity index (χ4n) is 3.21. The van der Waals surface area contributed by atoms with E-state index in [0.717, 1.165) is 62.6 Å². The molecule has 0 radical (unpaired) electrons. The quantitative estimate of drug-likeness (QED) is 0.711. The molecule has 0 N–H and O–H groups in total. The first-order valence-corrected chi connectivity index (χ1v) is 9.51.